The zero-order chi connectivity index (χ0) is 14.9. The molecule has 1 aromatic heterocycles. The lowest BCUT2D eigenvalue weighted by atomic mass is 9.93. The van der Waals surface area contributed by atoms with Crippen LogP contribution in [0, 0.1) is 11.8 Å². The van der Waals surface area contributed by atoms with Crippen LogP contribution in [0.2, 0.25) is 0 Å². The van der Waals surface area contributed by atoms with Crippen molar-refractivity contribution in [3.05, 3.63) is 66.0 Å². The Bertz CT molecular complexity index is 708. The van der Waals surface area contributed by atoms with Crippen molar-refractivity contribution in [3.63, 3.8) is 0 Å². The number of nitrogens with zero attached hydrogens (tertiary/aromatic N) is 3. The summed E-state index contributed by atoms with van der Waals surface area (Å²) >= 11 is 0. The van der Waals surface area contributed by atoms with Crippen LogP contribution in [0.15, 0.2) is 60.0 Å². The zero-order valence-electron chi connectivity index (χ0n) is 12.2. The van der Waals surface area contributed by atoms with Gasteiger partial charge in [0.2, 0.25) is 0 Å². The molecule has 1 aromatic carbocycles. The SMILES string of the molecule is O=C(c1cccnc1)N1CC(C2CC2)C(c2ccccc2)=N1. The maximum atomic E-state index is 12.6. The van der Waals surface area contributed by atoms with Gasteiger partial charge in [-0.05, 0) is 36.5 Å². The second-order valence-corrected chi connectivity index (χ2v) is 5.92. The van der Waals surface area contributed by atoms with Crippen LogP contribution >= 0.6 is 0 Å². The molecule has 2 aromatic rings. The summed E-state index contributed by atoms with van der Waals surface area (Å²) in [4.78, 5) is 16.6. The lowest BCUT2D eigenvalue weighted by molar-refractivity contribution is 0.0765. The van der Waals surface area contributed by atoms with E-state index < -0.39 is 0 Å². The third kappa shape index (κ3) is 2.41. The number of amides is 1. The van der Waals surface area contributed by atoms with Crippen molar-refractivity contribution in [1.82, 2.24) is 9.99 Å². The first-order chi connectivity index (χ1) is 10.8. The number of carbonyl (C=O) groups is 1. The number of benzene rings is 1. The van der Waals surface area contributed by atoms with Crippen molar-refractivity contribution in [2.75, 3.05) is 6.54 Å². The quantitative estimate of drug-likeness (QED) is 0.872. The Labute approximate surface area is 129 Å². The molecule has 22 heavy (non-hydrogen) atoms. The number of hydrogen-bond donors (Lipinski definition) is 0. The molecule has 1 atom stereocenters. The van der Waals surface area contributed by atoms with Crippen molar-refractivity contribution in [1.29, 1.82) is 0 Å². The number of hydrazone groups is 1. The minimum absolute atomic E-state index is 0.0651. The van der Waals surface area contributed by atoms with Crippen LogP contribution in [0.5, 0.6) is 0 Å². The van der Waals surface area contributed by atoms with Crippen LogP contribution in [-0.4, -0.2) is 28.2 Å². The summed E-state index contributed by atoms with van der Waals surface area (Å²) in [5.41, 5.74) is 2.77. The molecule has 1 aliphatic carbocycles. The van der Waals surface area contributed by atoms with Gasteiger partial charge in [0.1, 0.15) is 0 Å². The zero-order valence-corrected chi connectivity index (χ0v) is 12.2. The maximum Gasteiger partial charge on any atom is 0.275 e. The van der Waals surface area contributed by atoms with Crippen molar-refractivity contribution < 1.29 is 4.79 Å². The monoisotopic (exact) mass is 291 g/mol. The molecule has 1 aliphatic heterocycles. The van der Waals surface area contributed by atoms with Gasteiger partial charge in [-0.15, -0.1) is 0 Å². The standard InChI is InChI=1S/C18H17N3O/c22-18(15-7-4-10-19-11-15)21-12-16(13-8-9-13)17(20-21)14-5-2-1-3-6-14/h1-7,10-11,13,16H,8-9,12H2. The lowest BCUT2D eigenvalue weighted by Gasteiger charge is -2.14. The number of rotatable bonds is 3. The van der Waals surface area contributed by atoms with Crippen LogP contribution in [0.4, 0.5) is 0 Å². The molecule has 1 fully saturated rings. The molecule has 110 valence electrons. The Balaban J connectivity index is 1.65. The molecular weight excluding hydrogens is 274 g/mol. The predicted molar refractivity (Wildman–Crippen MR) is 84.5 cm³/mol. The first-order valence-corrected chi connectivity index (χ1v) is 7.69. The van der Waals surface area contributed by atoms with E-state index >= 15 is 0 Å². The van der Waals surface area contributed by atoms with E-state index in [1.807, 2.05) is 18.2 Å². The Hall–Kier alpha value is -2.49. The topological polar surface area (TPSA) is 45.6 Å². The molecule has 1 amide bonds. The van der Waals surface area contributed by atoms with Gasteiger partial charge in [0.05, 0.1) is 17.8 Å². The fourth-order valence-corrected chi connectivity index (χ4v) is 3.04. The van der Waals surface area contributed by atoms with Crippen LogP contribution < -0.4 is 0 Å². The van der Waals surface area contributed by atoms with E-state index in [1.54, 1.807) is 29.5 Å². The number of carbonyl (C=O) groups excluding carboxylic acids is 1. The van der Waals surface area contributed by atoms with E-state index in [1.165, 1.54) is 12.8 Å². The third-order valence-electron chi connectivity index (χ3n) is 4.35. The molecule has 0 saturated heterocycles. The lowest BCUT2D eigenvalue weighted by Crippen LogP contribution is -2.27. The molecule has 0 N–H and O–H groups in total. The van der Waals surface area contributed by atoms with Gasteiger partial charge in [-0.1, -0.05) is 30.3 Å². The van der Waals surface area contributed by atoms with Gasteiger partial charge in [0.15, 0.2) is 0 Å². The van der Waals surface area contributed by atoms with Crippen LogP contribution in [0.1, 0.15) is 28.8 Å². The Morgan fingerprint density at radius 2 is 1.91 bits per heavy atom. The molecule has 1 saturated carbocycles. The second-order valence-electron chi connectivity index (χ2n) is 5.92. The molecule has 4 heteroatoms. The summed E-state index contributed by atoms with van der Waals surface area (Å²) in [5.74, 6) is 0.971. The minimum atomic E-state index is -0.0651. The van der Waals surface area contributed by atoms with E-state index in [-0.39, 0.29) is 5.91 Å². The van der Waals surface area contributed by atoms with E-state index in [2.05, 4.69) is 22.2 Å². The van der Waals surface area contributed by atoms with E-state index in [9.17, 15) is 4.79 Å². The Kier molecular flexibility index (Phi) is 3.22. The molecule has 4 nitrogen and oxygen atoms in total. The van der Waals surface area contributed by atoms with Gasteiger partial charge >= 0.3 is 0 Å². The third-order valence-corrected chi connectivity index (χ3v) is 4.35. The molecule has 0 spiro atoms. The minimum Gasteiger partial charge on any atom is -0.267 e. The van der Waals surface area contributed by atoms with Gasteiger partial charge in [-0.2, -0.15) is 5.10 Å². The Morgan fingerprint density at radius 1 is 1.09 bits per heavy atom. The van der Waals surface area contributed by atoms with Crippen LogP contribution in [0.3, 0.4) is 0 Å². The normalized spacial score (nSPS) is 20.8. The number of aromatic nitrogens is 1. The van der Waals surface area contributed by atoms with Gasteiger partial charge in [-0.25, -0.2) is 5.01 Å². The largest absolute Gasteiger partial charge is 0.275 e. The van der Waals surface area contributed by atoms with Crippen molar-refractivity contribution in [2.45, 2.75) is 12.8 Å². The molecule has 1 unspecified atom stereocenters. The summed E-state index contributed by atoms with van der Waals surface area (Å²) in [5, 5.41) is 6.26. The molecular formula is C18H17N3O. The van der Waals surface area contributed by atoms with Crippen molar-refractivity contribution in [3.8, 4) is 0 Å². The van der Waals surface area contributed by atoms with E-state index in [0.717, 1.165) is 11.3 Å². The molecule has 2 aliphatic rings. The highest BCUT2D eigenvalue weighted by Crippen LogP contribution is 2.41. The first kappa shape index (κ1) is 13.2. The molecule has 0 radical (unpaired) electrons. The highest BCUT2D eigenvalue weighted by Gasteiger charge is 2.41. The highest BCUT2D eigenvalue weighted by molar-refractivity contribution is 6.06. The van der Waals surface area contributed by atoms with Gasteiger partial charge in [-0.3, -0.25) is 9.78 Å². The Morgan fingerprint density at radius 3 is 2.59 bits per heavy atom. The smallest absolute Gasteiger partial charge is 0.267 e. The predicted octanol–water partition coefficient (Wildman–Crippen LogP) is 2.97. The molecule has 4 rings (SSSR count). The molecule has 2 heterocycles. The van der Waals surface area contributed by atoms with Crippen LogP contribution in [-0.2, 0) is 0 Å². The summed E-state index contributed by atoms with van der Waals surface area (Å²) in [7, 11) is 0. The number of pyridine rings is 1. The van der Waals surface area contributed by atoms with Crippen molar-refractivity contribution in [2.24, 2.45) is 16.9 Å². The van der Waals surface area contributed by atoms with Gasteiger partial charge in [0.25, 0.3) is 5.91 Å². The van der Waals surface area contributed by atoms with Crippen LogP contribution in [0.25, 0.3) is 0 Å². The van der Waals surface area contributed by atoms with Gasteiger partial charge in [0, 0.05) is 18.3 Å². The van der Waals surface area contributed by atoms with Gasteiger partial charge < -0.3 is 0 Å². The fourth-order valence-electron chi connectivity index (χ4n) is 3.04. The summed E-state index contributed by atoms with van der Waals surface area (Å²) < 4.78 is 0. The first-order valence-electron chi connectivity index (χ1n) is 7.69. The average Bonchev–Trinajstić information content (AvgIpc) is 3.34. The summed E-state index contributed by atoms with van der Waals surface area (Å²) in [6, 6.07) is 13.8. The van der Waals surface area contributed by atoms with E-state index in [4.69, 9.17) is 0 Å². The second kappa shape index (κ2) is 5.37. The maximum absolute atomic E-state index is 12.6. The molecule has 0 bridgehead atoms. The number of hydrogen-bond acceptors (Lipinski definition) is 3. The summed E-state index contributed by atoms with van der Waals surface area (Å²) in [6.07, 6.45) is 5.76. The van der Waals surface area contributed by atoms with E-state index in [0.29, 0.717) is 23.9 Å². The average molecular weight is 291 g/mol. The van der Waals surface area contributed by atoms with Crippen molar-refractivity contribution >= 4 is 11.6 Å². The fraction of sp³-hybridized carbons (Fsp3) is 0.278. The highest BCUT2D eigenvalue weighted by atomic mass is 16.2. The summed E-state index contributed by atoms with van der Waals surface area (Å²) in [6.45, 7) is 0.683.